The van der Waals surface area contributed by atoms with Crippen LogP contribution in [0.25, 0.3) is 0 Å². The first-order chi connectivity index (χ1) is 12.0. The molecule has 0 heterocycles. The average Bonchev–Trinajstić information content (AvgIpc) is 2.61. The van der Waals surface area contributed by atoms with Gasteiger partial charge in [-0.05, 0) is 18.9 Å². The van der Waals surface area contributed by atoms with Crippen molar-refractivity contribution in [1.82, 2.24) is 10.7 Å². The first kappa shape index (κ1) is 18.7. The molecule has 0 atom stereocenters. The zero-order valence-corrected chi connectivity index (χ0v) is 14.0. The minimum absolute atomic E-state index is 0.0408. The van der Waals surface area contributed by atoms with Gasteiger partial charge in [0.2, 0.25) is 5.75 Å². The van der Waals surface area contributed by atoms with Crippen molar-refractivity contribution >= 4 is 17.8 Å². The molecular weight excluding hydrogens is 328 g/mol. The van der Waals surface area contributed by atoms with Crippen molar-refractivity contribution in [3.8, 4) is 11.5 Å². The van der Waals surface area contributed by atoms with Gasteiger partial charge in [0, 0.05) is 17.7 Å². The number of amides is 1. The molecule has 136 valence electrons. The number of hydrogen-bond acceptors (Lipinski definition) is 7. The SMILES string of the molecule is COc1cc(/C=N\NC(=O)CNC2CCCCC2)cc([N+](=O)[O-])c1O. The summed E-state index contributed by atoms with van der Waals surface area (Å²) in [7, 11) is 1.29. The maximum atomic E-state index is 11.8. The highest BCUT2D eigenvalue weighted by Crippen LogP contribution is 2.36. The second kappa shape index (κ2) is 8.97. The van der Waals surface area contributed by atoms with E-state index < -0.39 is 16.4 Å². The third kappa shape index (κ3) is 5.42. The Kier molecular flexibility index (Phi) is 6.70. The van der Waals surface area contributed by atoms with E-state index in [1.165, 1.54) is 38.7 Å². The number of hydrazone groups is 1. The number of phenolic OH excluding ortho intramolecular Hbond substituents is 1. The van der Waals surface area contributed by atoms with Crippen molar-refractivity contribution in [1.29, 1.82) is 0 Å². The Morgan fingerprint density at radius 2 is 2.16 bits per heavy atom. The zero-order chi connectivity index (χ0) is 18.2. The van der Waals surface area contributed by atoms with E-state index in [1.54, 1.807) is 0 Å². The van der Waals surface area contributed by atoms with Crippen LogP contribution in [-0.4, -0.2) is 41.8 Å². The van der Waals surface area contributed by atoms with E-state index >= 15 is 0 Å². The Hall–Kier alpha value is -2.68. The lowest BCUT2D eigenvalue weighted by atomic mass is 9.95. The zero-order valence-electron chi connectivity index (χ0n) is 14.0. The highest BCUT2D eigenvalue weighted by Gasteiger charge is 2.19. The van der Waals surface area contributed by atoms with Gasteiger partial charge >= 0.3 is 5.69 Å². The van der Waals surface area contributed by atoms with Gasteiger partial charge in [0.15, 0.2) is 5.75 Å². The number of ether oxygens (including phenoxy) is 1. The van der Waals surface area contributed by atoms with Gasteiger partial charge in [0.05, 0.1) is 24.8 Å². The van der Waals surface area contributed by atoms with Gasteiger partial charge in [-0.1, -0.05) is 19.3 Å². The number of nitro groups is 1. The summed E-state index contributed by atoms with van der Waals surface area (Å²) in [6, 6.07) is 2.90. The quantitative estimate of drug-likeness (QED) is 0.390. The number of nitro benzene ring substituents is 1. The molecule has 0 saturated heterocycles. The molecule has 1 saturated carbocycles. The molecule has 2 rings (SSSR count). The summed E-state index contributed by atoms with van der Waals surface area (Å²) in [5, 5.41) is 27.6. The molecule has 0 aromatic heterocycles. The predicted octanol–water partition coefficient (Wildman–Crippen LogP) is 1.68. The number of rotatable bonds is 7. The molecule has 1 aromatic carbocycles. The van der Waals surface area contributed by atoms with Crippen molar-refractivity contribution in [3.05, 3.63) is 27.8 Å². The van der Waals surface area contributed by atoms with Crippen LogP contribution in [0, 0.1) is 10.1 Å². The first-order valence-electron chi connectivity index (χ1n) is 8.12. The molecule has 9 nitrogen and oxygen atoms in total. The second-order valence-electron chi connectivity index (χ2n) is 5.86. The van der Waals surface area contributed by atoms with Crippen LogP contribution in [0.5, 0.6) is 11.5 Å². The Balaban J connectivity index is 1.91. The third-order valence-electron chi connectivity index (χ3n) is 4.05. The number of nitrogens with zero attached hydrogens (tertiary/aromatic N) is 2. The van der Waals surface area contributed by atoms with Crippen molar-refractivity contribution in [2.24, 2.45) is 5.10 Å². The summed E-state index contributed by atoms with van der Waals surface area (Å²) >= 11 is 0. The van der Waals surface area contributed by atoms with Crippen LogP contribution in [0.1, 0.15) is 37.7 Å². The fourth-order valence-corrected chi connectivity index (χ4v) is 2.75. The largest absolute Gasteiger partial charge is 0.500 e. The third-order valence-corrected chi connectivity index (χ3v) is 4.05. The summed E-state index contributed by atoms with van der Waals surface area (Å²) in [5.41, 5.74) is 2.19. The molecule has 9 heteroatoms. The van der Waals surface area contributed by atoms with Crippen LogP contribution in [0.15, 0.2) is 17.2 Å². The minimum Gasteiger partial charge on any atom is -0.500 e. The van der Waals surface area contributed by atoms with Crippen LogP contribution >= 0.6 is 0 Å². The van der Waals surface area contributed by atoms with E-state index in [2.05, 4.69) is 15.8 Å². The smallest absolute Gasteiger partial charge is 0.315 e. The first-order valence-corrected chi connectivity index (χ1v) is 8.12. The summed E-state index contributed by atoms with van der Waals surface area (Å²) in [6.07, 6.45) is 7.02. The lowest BCUT2D eigenvalue weighted by molar-refractivity contribution is -0.386. The molecule has 1 aliphatic carbocycles. The standard InChI is InChI=1S/C16H22N4O5/c1-25-14-8-11(7-13(16(14)22)20(23)24)9-18-19-15(21)10-17-12-5-3-2-4-6-12/h7-9,12,17,22H,2-6,10H2,1H3,(H,19,21)/b18-9-. The molecule has 1 aromatic rings. The van der Waals surface area contributed by atoms with Gasteiger partial charge < -0.3 is 15.2 Å². The lowest BCUT2D eigenvalue weighted by Crippen LogP contribution is -2.38. The number of carbonyl (C=O) groups is 1. The van der Waals surface area contributed by atoms with Crippen LogP contribution in [0.2, 0.25) is 0 Å². The van der Waals surface area contributed by atoms with Gasteiger partial charge in [-0.25, -0.2) is 5.43 Å². The lowest BCUT2D eigenvalue weighted by Gasteiger charge is -2.22. The maximum absolute atomic E-state index is 11.8. The molecule has 25 heavy (non-hydrogen) atoms. The molecule has 0 spiro atoms. The Morgan fingerprint density at radius 1 is 1.44 bits per heavy atom. The number of aromatic hydroxyl groups is 1. The number of hydrogen-bond donors (Lipinski definition) is 3. The molecule has 3 N–H and O–H groups in total. The number of benzene rings is 1. The van der Waals surface area contributed by atoms with Crippen molar-refractivity contribution in [2.45, 2.75) is 38.1 Å². The molecule has 1 fully saturated rings. The van der Waals surface area contributed by atoms with Crippen LogP contribution in [-0.2, 0) is 4.79 Å². The van der Waals surface area contributed by atoms with Crippen molar-refractivity contribution in [2.75, 3.05) is 13.7 Å². The highest BCUT2D eigenvalue weighted by atomic mass is 16.6. The average molecular weight is 350 g/mol. The molecule has 0 unspecified atom stereocenters. The molecule has 1 aliphatic rings. The topological polar surface area (TPSA) is 126 Å². The van der Waals surface area contributed by atoms with Gasteiger partial charge in [0.1, 0.15) is 0 Å². The van der Waals surface area contributed by atoms with E-state index in [0.717, 1.165) is 18.9 Å². The summed E-state index contributed by atoms with van der Waals surface area (Å²) in [6.45, 7) is 0.168. The van der Waals surface area contributed by atoms with Gasteiger partial charge in [-0.2, -0.15) is 5.10 Å². The second-order valence-corrected chi connectivity index (χ2v) is 5.86. The molecule has 0 radical (unpaired) electrons. The van der Waals surface area contributed by atoms with Crippen LogP contribution in [0.4, 0.5) is 5.69 Å². The van der Waals surface area contributed by atoms with E-state index in [4.69, 9.17) is 4.74 Å². The van der Waals surface area contributed by atoms with Crippen molar-refractivity contribution in [3.63, 3.8) is 0 Å². The van der Waals surface area contributed by atoms with E-state index in [0.29, 0.717) is 11.6 Å². The highest BCUT2D eigenvalue weighted by molar-refractivity contribution is 5.85. The summed E-state index contributed by atoms with van der Waals surface area (Å²) < 4.78 is 4.90. The molecule has 0 aliphatic heterocycles. The number of methoxy groups -OCH3 is 1. The number of carbonyl (C=O) groups excluding carboxylic acids is 1. The minimum atomic E-state index is -0.720. The number of nitrogens with one attached hydrogen (secondary N) is 2. The summed E-state index contributed by atoms with van der Waals surface area (Å²) in [4.78, 5) is 22.0. The van der Waals surface area contributed by atoms with Gasteiger partial charge in [0.25, 0.3) is 5.91 Å². The van der Waals surface area contributed by atoms with E-state index in [-0.39, 0.29) is 18.2 Å². The Morgan fingerprint density at radius 3 is 2.80 bits per heavy atom. The van der Waals surface area contributed by atoms with Crippen molar-refractivity contribution < 1.29 is 19.6 Å². The van der Waals surface area contributed by atoms with Gasteiger partial charge in [-0.15, -0.1) is 0 Å². The van der Waals surface area contributed by atoms with Crippen LogP contribution < -0.4 is 15.5 Å². The van der Waals surface area contributed by atoms with Crippen LogP contribution in [0.3, 0.4) is 0 Å². The van der Waals surface area contributed by atoms with E-state index in [9.17, 15) is 20.0 Å². The normalized spacial score (nSPS) is 15.2. The molecular formula is C16H22N4O5. The van der Waals surface area contributed by atoms with Gasteiger partial charge in [-0.3, -0.25) is 14.9 Å². The molecule has 1 amide bonds. The van der Waals surface area contributed by atoms with E-state index in [1.807, 2.05) is 0 Å². The Bertz CT molecular complexity index is 656. The Labute approximate surface area is 145 Å². The predicted molar refractivity (Wildman–Crippen MR) is 91.9 cm³/mol. The molecule has 0 bridgehead atoms. The fraction of sp³-hybridized carbons (Fsp3) is 0.500. The monoisotopic (exact) mass is 350 g/mol. The fourth-order valence-electron chi connectivity index (χ4n) is 2.75. The summed E-state index contributed by atoms with van der Waals surface area (Å²) in [5.74, 6) is -0.881. The maximum Gasteiger partial charge on any atom is 0.315 e. The number of phenols is 1.